The zero-order valence-corrected chi connectivity index (χ0v) is 16.8. The molecule has 1 aliphatic heterocycles. The number of piperidine rings is 1. The standard InChI is InChI=1S/C24H25N3O3/c25-15-17-4-6-18(7-5-17)16-27-14-2-1-3-21(27)22(28)26-24(12-13-24)20-10-8-19(9-11-20)23(29)30/h4-11,21H,1-3,12-14,16H2,(H,26,28)(H,29,30). The summed E-state index contributed by atoms with van der Waals surface area (Å²) in [4.78, 5) is 26.5. The Bertz CT molecular complexity index is 972. The van der Waals surface area contributed by atoms with E-state index in [2.05, 4.69) is 16.3 Å². The van der Waals surface area contributed by atoms with Gasteiger partial charge >= 0.3 is 5.97 Å². The lowest BCUT2D eigenvalue weighted by Gasteiger charge is -2.35. The van der Waals surface area contributed by atoms with Crippen LogP contribution in [0.3, 0.4) is 0 Å². The van der Waals surface area contributed by atoms with Crippen LogP contribution < -0.4 is 5.32 Å². The second-order valence-electron chi connectivity index (χ2n) is 8.24. The van der Waals surface area contributed by atoms with E-state index in [0.717, 1.165) is 49.8 Å². The third-order valence-electron chi connectivity index (χ3n) is 6.18. The Morgan fingerprint density at radius 1 is 1.10 bits per heavy atom. The molecule has 2 fully saturated rings. The van der Waals surface area contributed by atoms with Crippen LogP contribution in [-0.4, -0.2) is 34.5 Å². The normalized spacial score (nSPS) is 20.2. The number of likely N-dealkylation sites (tertiary alicyclic amines) is 1. The molecule has 0 radical (unpaired) electrons. The van der Waals surface area contributed by atoms with E-state index in [4.69, 9.17) is 10.4 Å². The number of benzene rings is 2. The van der Waals surface area contributed by atoms with Crippen molar-refractivity contribution in [3.05, 3.63) is 70.8 Å². The predicted octanol–water partition coefficient (Wildman–Crippen LogP) is 3.42. The lowest BCUT2D eigenvalue weighted by molar-refractivity contribution is -0.129. The van der Waals surface area contributed by atoms with E-state index in [1.807, 2.05) is 36.4 Å². The first-order chi connectivity index (χ1) is 14.5. The molecular weight excluding hydrogens is 378 g/mol. The van der Waals surface area contributed by atoms with E-state index >= 15 is 0 Å². The fraction of sp³-hybridized carbons (Fsp3) is 0.375. The van der Waals surface area contributed by atoms with E-state index < -0.39 is 5.97 Å². The molecule has 6 nitrogen and oxygen atoms in total. The van der Waals surface area contributed by atoms with Gasteiger partial charge in [0.25, 0.3) is 0 Å². The molecule has 30 heavy (non-hydrogen) atoms. The number of carboxylic acids is 1. The van der Waals surface area contributed by atoms with Gasteiger partial charge in [-0.05, 0) is 67.6 Å². The number of nitrogens with zero attached hydrogens (tertiary/aromatic N) is 2. The van der Waals surface area contributed by atoms with Crippen LogP contribution in [0, 0.1) is 11.3 Å². The monoisotopic (exact) mass is 403 g/mol. The quantitative estimate of drug-likeness (QED) is 0.771. The van der Waals surface area contributed by atoms with Gasteiger partial charge in [-0.2, -0.15) is 5.26 Å². The molecule has 0 aromatic heterocycles. The van der Waals surface area contributed by atoms with Crippen molar-refractivity contribution < 1.29 is 14.7 Å². The van der Waals surface area contributed by atoms with E-state index in [0.29, 0.717) is 12.1 Å². The van der Waals surface area contributed by atoms with Gasteiger partial charge in [-0.3, -0.25) is 9.69 Å². The van der Waals surface area contributed by atoms with Gasteiger partial charge in [-0.1, -0.05) is 30.7 Å². The summed E-state index contributed by atoms with van der Waals surface area (Å²) in [6, 6.07) is 16.3. The Hall–Kier alpha value is -3.17. The fourth-order valence-corrected chi connectivity index (χ4v) is 4.26. The summed E-state index contributed by atoms with van der Waals surface area (Å²) >= 11 is 0. The molecule has 4 rings (SSSR count). The van der Waals surface area contributed by atoms with Crippen molar-refractivity contribution in [2.75, 3.05) is 6.54 Å². The zero-order valence-electron chi connectivity index (χ0n) is 16.8. The van der Waals surface area contributed by atoms with Crippen molar-refractivity contribution in [1.29, 1.82) is 5.26 Å². The molecule has 2 aliphatic rings. The highest BCUT2D eigenvalue weighted by Gasteiger charge is 2.47. The molecule has 154 valence electrons. The number of amides is 1. The van der Waals surface area contributed by atoms with E-state index in [1.54, 1.807) is 12.1 Å². The molecule has 1 saturated heterocycles. The maximum Gasteiger partial charge on any atom is 0.335 e. The number of rotatable bonds is 6. The first kappa shape index (κ1) is 20.1. The van der Waals surface area contributed by atoms with Crippen molar-refractivity contribution in [2.45, 2.75) is 50.2 Å². The van der Waals surface area contributed by atoms with Gasteiger partial charge in [0.05, 0.1) is 28.8 Å². The van der Waals surface area contributed by atoms with E-state index in [-0.39, 0.29) is 23.1 Å². The summed E-state index contributed by atoms with van der Waals surface area (Å²) in [5.74, 6) is -0.903. The summed E-state index contributed by atoms with van der Waals surface area (Å²) in [5.41, 5.74) is 2.58. The van der Waals surface area contributed by atoms with Crippen LogP contribution in [-0.2, 0) is 16.9 Å². The molecule has 1 unspecified atom stereocenters. The Morgan fingerprint density at radius 2 is 1.80 bits per heavy atom. The number of nitrogens with one attached hydrogen (secondary N) is 1. The molecule has 0 spiro atoms. The van der Waals surface area contributed by atoms with Gasteiger partial charge in [0.1, 0.15) is 0 Å². The van der Waals surface area contributed by atoms with Gasteiger partial charge in [-0.25, -0.2) is 4.79 Å². The third kappa shape index (κ3) is 4.22. The molecule has 2 N–H and O–H groups in total. The number of nitriles is 1. The van der Waals surface area contributed by atoms with Crippen molar-refractivity contribution in [1.82, 2.24) is 10.2 Å². The van der Waals surface area contributed by atoms with Gasteiger partial charge in [0.2, 0.25) is 5.91 Å². The zero-order chi connectivity index (χ0) is 21.1. The Labute approximate surface area is 176 Å². The Kier molecular flexibility index (Phi) is 5.56. The molecule has 2 aromatic rings. The number of hydrogen-bond donors (Lipinski definition) is 2. The summed E-state index contributed by atoms with van der Waals surface area (Å²) in [6.07, 6.45) is 4.67. The maximum absolute atomic E-state index is 13.2. The molecule has 1 atom stereocenters. The molecule has 1 amide bonds. The van der Waals surface area contributed by atoms with Crippen molar-refractivity contribution >= 4 is 11.9 Å². The summed E-state index contributed by atoms with van der Waals surface area (Å²) in [5, 5.41) is 21.3. The SMILES string of the molecule is N#Cc1ccc(CN2CCCCC2C(=O)NC2(c3ccc(C(=O)O)cc3)CC2)cc1. The molecule has 6 heteroatoms. The highest BCUT2D eigenvalue weighted by molar-refractivity contribution is 5.87. The average Bonchev–Trinajstić information content (AvgIpc) is 3.55. The number of carbonyl (C=O) groups excluding carboxylic acids is 1. The van der Waals surface area contributed by atoms with Crippen molar-refractivity contribution in [3.63, 3.8) is 0 Å². The van der Waals surface area contributed by atoms with Crippen molar-refractivity contribution in [2.24, 2.45) is 0 Å². The van der Waals surface area contributed by atoms with Crippen LogP contribution in [0.4, 0.5) is 0 Å². The van der Waals surface area contributed by atoms with Gasteiger partial charge < -0.3 is 10.4 Å². The summed E-state index contributed by atoms with van der Waals surface area (Å²) < 4.78 is 0. The highest BCUT2D eigenvalue weighted by Crippen LogP contribution is 2.45. The van der Waals surface area contributed by atoms with E-state index in [1.165, 1.54) is 0 Å². The smallest absolute Gasteiger partial charge is 0.335 e. The van der Waals surface area contributed by atoms with Crippen LogP contribution in [0.25, 0.3) is 0 Å². The van der Waals surface area contributed by atoms with Gasteiger partial charge in [0.15, 0.2) is 0 Å². The summed E-state index contributed by atoms with van der Waals surface area (Å²) in [6.45, 7) is 1.56. The largest absolute Gasteiger partial charge is 0.478 e. The molecule has 1 saturated carbocycles. The lowest BCUT2D eigenvalue weighted by atomic mass is 9.98. The molecule has 1 heterocycles. The molecular formula is C24H25N3O3. The first-order valence-corrected chi connectivity index (χ1v) is 10.4. The number of carboxylic acid groups (broad SMARTS) is 1. The second-order valence-corrected chi connectivity index (χ2v) is 8.24. The fourth-order valence-electron chi connectivity index (χ4n) is 4.26. The van der Waals surface area contributed by atoms with Crippen LogP contribution in [0.2, 0.25) is 0 Å². The predicted molar refractivity (Wildman–Crippen MR) is 112 cm³/mol. The molecule has 0 bridgehead atoms. The Morgan fingerprint density at radius 3 is 2.40 bits per heavy atom. The average molecular weight is 403 g/mol. The first-order valence-electron chi connectivity index (χ1n) is 10.4. The number of hydrogen-bond acceptors (Lipinski definition) is 4. The molecule has 1 aliphatic carbocycles. The number of aromatic carboxylic acids is 1. The molecule has 2 aromatic carbocycles. The van der Waals surface area contributed by atoms with Crippen molar-refractivity contribution in [3.8, 4) is 6.07 Å². The van der Waals surface area contributed by atoms with Crippen LogP contribution in [0.15, 0.2) is 48.5 Å². The minimum atomic E-state index is -0.948. The second kappa shape index (κ2) is 8.29. The van der Waals surface area contributed by atoms with Crippen LogP contribution in [0.1, 0.15) is 59.2 Å². The summed E-state index contributed by atoms with van der Waals surface area (Å²) in [7, 11) is 0. The topological polar surface area (TPSA) is 93.4 Å². The maximum atomic E-state index is 13.2. The minimum absolute atomic E-state index is 0.0446. The minimum Gasteiger partial charge on any atom is -0.478 e. The van der Waals surface area contributed by atoms with Gasteiger partial charge in [-0.15, -0.1) is 0 Å². The highest BCUT2D eigenvalue weighted by atomic mass is 16.4. The van der Waals surface area contributed by atoms with Gasteiger partial charge in [0, 0.05) is 6.54 Å². The van der Waals surface area contributed by atoms with Crippen LogP contribution >= 0.6 is 0 Å². The Balaban J connectivity index is 1.45. The van der Waals surface area contributed by atoms with E-state index in [9.17, 15) is 9.59 Å². The third-order valence-corrected chi connectivity index (χ3v) is 6.18. The van der Waals surface area contributed by atoms with Crippen LogP contribution in [0.5, 0.6) is 0 Å². The lowest BCUT2D eigenvalue weighted by Crippen LogP contribution is -2.51. The number of carbonyl (C=O) groups is 2.